The summed E-state index contributed by atoms with van der Waals surface area (Å²) in [7, 11) is 0. The topological polar surface area (TPSA) is 45.4 Å². The summed E-state index contributed by atoms with van der Waals surface area (Å²) in [6.07, 6.45) is 4.84. The van der Waals surface area contributed by atoms with Gasteiger partial charge in [0.05, 0.1) is 0 Å². The van der Waals surface area contributed by atoms with E-state index in [1.54, 1.807) is 6.07 Å². The van der Waals surface area contributed by atoms with E-state index in [9.17, 15) is 5.11 Å². The number of phenolic OH excluding ortho intramolecular Hbond substituents is 2. The zero-order valence-corrected chi connectivity index (χ0v) is 8.30. The van der Waals surface area contributed by atoms with Gasteiger partial charge in [-0.05, 0) is 36.2 Å². The van der Waals surface area contributed by atoms with Crippen LogP contribution in [0.15, 0.2) is 42.7 Å². The van der Waals surface area contributed by atoms with Gasteiger partial charge in [-0.15, -0.1) is 0 Å². The number of hydrogen-bond acceptors (Lipinski definition) is 2. The molecular formula is C12H13NO2. The third-order valence-corrected chi connectivity index (χ3v) is 2.36. The van der Waals surface area contributed by atoms with E-state index in [-0.39, 0.29) is 11.5 Å². The lowest BCUT2D eigenvalue weighted by atomic mass is 10.1. The van der Waals surface area contributed by atoms with Crippen LogP contribution < -0.4 is 0 Å². The molecule has 1 aromatic heterocycles. The van der Waals surface area contributed by atoms with Crippen molar-refractivity contribution < 1.29 is 10.2 Å². The van der Waals surface area contributed by atoms with Gasteiger partial charge in [0.2, 0.25) is 0 Å². The number of aromatic nitrogens is 1. The van der Waals surface area contributed by atoms with Crippen molar-refractivity contribution in [1.29, 1.82) is 0 Å². The summed E-state index contributed by atoms with van der Waals surface area (Å²) in [5, 5.41) is 18.4. The fourth-order valence-electron chi connectivity index (χ4n) is 1.50. The van der Waals surface area contributed by atoms with Gasteiger partial charge in [0, 0.05) is 18.9 Å². The van der Waals surface area contributed by atoms with Gasteiger partial charge in [0.1, 0.15) is 0 Å². The van der Waals surface area contributed by atoms with Crippen molar-refractivity contribution in [3.63, 3.8) is 0 Å². The molecule has 0 fully saturated rings. The zero-order valence-electron chi connectivity index (χ0n) is 8.30. The number of phenols is 2. The number of aromatic hydroxyl groups is 2. The van der Waals surface area contributed by atoms with Crippen molar-refractivity contribution in [2.45, 2.75) is 13.0 Å². The number of aryl methyl sites for hydroxylation is 2. The van der Waals surface area contributed by atoms with Gasteiger partial charge in [-0.2, -0.15) is 0 Å². The molecule has 0 saturated heterocycles. The van der Waals surface area contributed by atoms with Crippen molar-refractivity contribution >= 4 is 0 Å². The molecule has 2 aromatic rings. The fraction of sp³-hybridized carbons (Fsp3) is 0.167. The molecule has 3 heteroatoms. The number of benzene rings is 1. The Morgan fingerprint density at radius 1 is 1.00 bits per heavy atom. The van der Waals surface area contributed by atoms with E-state index in [2.05, 4.69) is 4.57 Å². The quantitative estimate of drug-likeness (QED) is 0.751. The Morgan fingerprint density at radius 2 is 1.73 bits per heavy atom. The van der Waals surface area contributed by atoms with E-state index >= 15 is 0 Å². The van der Waals surface area contributed by atoms with Crippen LogP contribution in [0, 0.1) is 0 Å². The van der Waals surface area contributed by atoms with Gasteiger partial charge < -0.3 is 14.8 Å². The molecule has 78 valence electrons. The fourth-order valence-corrected chi connectivity index (χ4v) is 1.50. The normalized spacial score (nSPS) is 10.4. The third-order valence-electron chi connectivity index (χ3n) is 2.36. The first-order chi connectivity index (χ1) is 7.25. The van der Waals surface area contributed by atoms with Crippen LogP contribution >= 0.6 is 0 Å². The highest BCUT2D eigenvalue weighted by molar-refractivity contribution is 5.40. The average Bonchev–Trinajstić information content (AvgIpc) is 2.73. The summed E-state index contributed by atoms with van der Waals surface area (Å²) in [6.45, 7) is 0.872. The van der Waals surface area contributed by atoms with Crippen molar-refractivity contribution in [3.8, 4) is 11.5 Å². The SMILES string of the molecule is Oc1ccc(CCn2cccc2)cc1O. The van der Waals surface area contributed by atoms with Gasteiger partial charge >= 0.3 is 0 Å². The van der Waals surface area contributed by atoms with Crippen LogP contribution in [0.1, 0.15) is 5.56 Å². The van der Waals surface area contributed by atoms with Gasteiger partial charge in [-0.3, -0.25) is 0 Å². The van der Waals surface area contributed by atoms with Crippen LogP contribution in [-0.2, 0) is 13.0 Å². The number of nitrogens with zero attached hydrogens (tertiary/aromatic N) is 1. The van der Waals surface area contributed by atoms with Crippen molar-refractivity contribution in [3.05, 3.63) is 48.3 Å². The second-order valence-corrected chi connectivity index (χ2v) is 3.49. The molecule has 0 bridgehead atoms. The monoisotopic (exact) mass is 203 g/mol. The van der Waals surface area contributed by atoms with Crippen LogP contribution in [0.2, 0.25) is 0 Å². The van der Waals surface area contributed by atoms with Crippen LogP contribution in [-0.4, -0.2) is 14.8 Å². The maximum absolute atomic E-state index is 9.30. The predicted molar refractivity (Wildman–Crippen MR) is 57.9 cm³/mol. The lowest BCUT2D eigenvalue weighted by molar-refractivity contribution is 0.403. The summed E-state index contributed by atoms with van der Waals surface area (Å²) in [4.78, 5) is 0. The molecule has 1 aromatic carbocycles. The summed E-state index contributed by atoms with van der Waals surface area (Å²) in [5.41, 5.74) is 1.01. The van der Waals surface area contributed by atoms with E-state index in [1.165, 1.54) is 6.07 Å². The minimum atomic E-state index is -0.0697. The van der Waals surface area contributed by atoms with Crippen molar-refractivity contribution in [2.24, 2.45) is 0 Å². The molecular weight excluding hydrogens is 190 g/mol. The Hall–Kier alpha value is -1.90. The zero-order chi connectivity index (χ0) is 10.7. The molecule has 0 aliphatic rings. The molecule has 0 atom stereocenters. The molecule has 0 radical (unpaired) electrons. The first-order valence-electron chi connectivity index (χ1n) is 4.87. The summed E-state index contributed by atoms with van der Waals surface area (Å²) in [6, 6.07) is 8.89. The highest BCUT2D eigenvalue weighted by Gasteiger charge is 2.00. The Bertz CT molecular complexity index is 435. The molecule has 0 saturated carbocycles. The summed E-state index contributed by atoms with van der Waals surface area (Å²) >= 11 is 0. The lowest BCUT2D eigenvalue weighted by Gasteiger charge is -2.04. The minimum Gasteiger partial charge on any atom is -0.504 e. The molecule has 1 heterocycles. The average molecular weight is 203 g/mol. The summed E-state index contributed by atoms with van der Waals surface area (Å²) < 4.78 is 2.07. The lowest BCUT2D eigenvalue weighted by Crippen LogP contribution is -1.97. The standard InChI is InChI=1S/C12H13NO2/c14-11-4-3-10(9-12(11)15)5-8-13-6-1-2-7-13/h1-4,6-7,9,14-15H,5,8H2. The Labute approximate surface area is 88.2 Å². The second-order valence-electron chi connectivity index (χ2n) is 3.49. The molecule has 2 N–H and O–H groups in total. The van der Waals surface area contributed by atoms with Gasteiger partial charge in [-0.1, -0.05) is 6.07 Å². The Balaban J connectivity index is 2.02. The van der Waals surface area contributed by atoms with Gasteiger partial charge in [-0.25, -0.2) is 0 Å². The first-order valence-corrected chi connectivity index (χ1v) is 4.87. The van der Waals surface area contributed by atoms with E-state index in [0.717, 1.165) is 18.5 Å². The van der Waals surface area contributed by atoms with Crippen LogP contribution in [0.3, 0.4) is 0 Å². The van der Waals surface area contributed by atoms with Crippen LogP contribution in [0.5, 0.6) is 11.5 Å². The number of hydrogen-bond donors (Lipinski definition) is 2. The third kappa shape index (κ3) is 2.31. The molecule has 0 amide bonds. The summed E-state index contributed by atoms with van der Waals surface area (Å²) in [5.74, 6) is -0.125. The highest BCUT2D eigenvalue weighted by Crippen LogP contribution is 2.25. The van der Waals surface area contributed by atoms with Crippen LogP contribution in [0.4, 0.5) is 0 Å². The maximum atomic E-state index is 9.30. The molecule has 0 aliphatic carbocycles. The van der Waals surface area contributed by atoms with Crippen LogP contribution in [0.25, 0.3) is 0 Å². The number of rotatable bonds is 3. The molecule has 2 rings (SSSR count). The van der Waals surface area contributed by atoms with Crippen molar-refractivity contribution in [1.82, 2.24) is 4.57 Å². The smallest absolute Gasteiger partial charge is 0.157 e. The Morgan fingerprint density at radius 3 is 2.40 bits per heavy atom. The maximum Gasteiger partial charge on any atom is 0.157 e. The predicted octanol–water partition coefficient (Wildman–Crippen LogP) is 2.14. The van der Waals surface area contributed by atoms with E-state index in [4.69, 9.17) is 5.11 Å². The van der Waals surface area contributed by atoms with E-state index < -0.39 is 0 Å². The molecule has 0 unspecified atom stereocenters. The van der Waals surface area contributed by atoms with Gasteiger partial charge in [0.25, 0.3) is 0 Å². The largest absolute Gasteiger partial charge is 0.504 e. The van der Waals surface area contributed by atoms with E-state index in [0.29, 0.717) is 0 Å². The highest BCUT2D eigenvalue weighted by atomic mass is 16.3. The van der Waals surface area contributed by atoms with E-state index in [1.807, 2.05) is 30.6 Å². The molecule has 3 nitrogen and oxygen atoms in total. The van der Waals surface area contributed by atoms with Crippen molar-refractivity contribution in [2.75, 3.05) is 0 Å². The second kappa shape index (κ2) is 4.09. The minimum absolute atomic E-state index is 0.0555. The first kappa shape index (κ1) is 9.65. The molecule has 0 aliphatic heterocycles. The molecule has 0 spiro atoms. The van der Waals surface area contributed by atoms with Gasteiger partial charge in [0.15, 0.2) is 11.5 Å². The molecule has 15 heavy (non-hydrogen) atoms. The Kier molecular flexibility index (Phi) is 2.63.